The van der Waals surface area contributed by atoms with Crippen molar-refractivity contribution in [2.45, 2.75) is 26.4 Å². The standard InChI is InChI=1S/C14H14O/c1-9-3-5-11-12-6-4-10(2)8-14(12)15-13(11)7-9/h3-7,14H,8H2,1-2H3. The smallest absolute Gasteiger partial charge is 0.128 e. The quantitative estimate of drug-likeness (QED) is 0.620. The Balaban J connectivity index is 2.11. The lowest BCUT2D eigenvalue weighted by Gasteiger charge is -2.16. The van der Waals surface area contributed by atoms with Crippen molar-refractivity contribution in [2.75, 3.05) is 0 Å². The Morgan fingerprint density at radius 2 is 2.07 bits per heavy atom. The Morgan fingerprint density at radius 1 is 1.20 bits per heavy atom. The molecule has 0 spiro atoms. The Bertz CT molecular complexity index is 480. The third-order valence-corrected chi connectivity index (χ3v) is 3.12. The molecule has 1 aromatic rings. The van der Waals surface area contributed by atoms with E-state index in [0.29, 0.717) is 0 Å². The molecule has 3 rings (SSSR count). The van der Waals surface area contributed by atoms with E-state index in [1.807, 2.05) is 0 Å². The number of hydrogen-bond donors (Lipinski definition) is 0. The van der Waals surface area contributed by atoms with Crippen LogP contribution in [0, 0.1) is 6.92 Å². The molecule has 1 heteroatoms. The predicted molar refractivity (Wildman–Crippen MR) is 61.9 cm³/mol. The number of allylic oxidation sites excluding steroid dienone is 2. The highest BCUT2D eigenvalue weighted by Crippen LogP contribution is 2.41. The number of benzene rings is 1. The van der Waals surface area contributed by atoms with Crippen LogP contribution in [0.15, 0.2) is 35.9 Å². The lowest BCUT2D eigenvalue weighted by Crippen LogP contribution is -2.14. The first kappa shape index (κ1) is 8.78. The van der Waals surface area contributed by atoms with Crippen LogP contribution in [0.3, 0.4) is 0 Å². The van der Waals surface area contributed by atoms with Crippen molar-refractivity contribution in [3.05, 3.63) is 47.1 Å². The molecule has 0 aromatic heterocycles. The number of rotatable bonds is 0. The highest BCUT2D eigenvalue weighted by molar-refractivity contribution is 5.79. The van der Waals surface area contributed by atoms with Gasteiger partial charge in [0.15, 0.2) is 0 Å². The summed E-state index contributed by atoms with van der Waals surface area (Å²) >= 11 is 0. The van der Waals surface area contributed by atoms with E-state index in [9.17, 15) is 0 Å². The molecule has 1 nitrogen and oxygen atoms in total. The van der Waals surface area contributed by atoms with E-state index in [-0.39, 0.29) is 6.10 Å². The highest BCUT2D eigenvalue weighted by atomic mass is 16.5. The molecule has 1 atom stereocenters. The second-order valence-electron chi connectivity index (χ2n) is 4.45. The third kappa shape index (κ3) is 1.30. The summed E-state index contributed by atoms with van der Waals surface area (Å²) in [5, 5.41) is 0. The van der Waals surface area contributed by atoms with Gasteiger partial charge in [-0.1, -0.05) is 29.9 Å². The van der Waals surface area contributed by atoms with Gasteiger partial charge in [0.2, 0.25) is 0 Å². The van der Waals surface area contributed by atoms with Gasteiger partial charge >= 0.3 is 0 Å². The van der Waals surface area contributed by atoms with Gasteiger partial charge in [-0.25, -0.2) is 0 Å². The maximum atomic E-state index is 5.95. The van der Waals surface area contributed by atoms with Crippen molar-refractivity contribution in [1.82, 2.24) is 0 Å². The lowest BCUT2D eigenvalue weighted by molar-refractivity contribution is 0.275. The average Bonchev–Trinajstić information content (AvgIpc) is 2.53. The van der Waals surface area contributed by atoms with Crippen molar-refractivity contribution in [3.63, 3.8) is 0 Å². The molecule has 1 heterocycles. The SMILES string of the molecule is CC1=CC=C2c3ccc(C)cc3OC2C1. The summed E-state index contributed by atoms with van der Waals surface area (Å²) in [5.41, 5.74) is 5.27. The molecule has 0 saturated heterocycles. The Morgan fingerprint density at radius 3 is 2.93 bits per heavy atom. The second kappa shape index (κ2) is 2.99. The van der Waals surface area contributed by atoms with Crippen LogP contribution >= 0.6 is 0 Å². The molecule has 1 unspecified atom stereocenters. The molecule has 0 fully saturated rings. The summed E-state index contributed by atoms with van der Waals surface area (Å²) in [6.07, 6.45) is 5.68. The number of aryl methyl sites for hydroxylation is 1. The van der Waals surface area contributed by atoms with Crippen LogP contribution in [0.25, 0.3) is 5.57 Å². The van der Waals surface area contributed by atoms with Gasteiger partial charge in [0, 0.05) is 17.6 Å². The highest BCUT2D eigenvalue weighted by Gasteiger charge is 2.29. The van der Waals surface area contributed by atoms with Gasteiger partial charge in [-0.05, 0) is 25.5 Å². The van der Waals surface area contributed by atoms with Crippen LogP contribution in [0.4, 0.5) is 0 Å². The first-order chi connectivity index (χ1) is 7.24. The molecule has 15 heavy (non-hydrogen) atoms. The van der Waals surface area contributed by atoms with Gasteiger partial charge in [-0.15, -0.1) is 0 Å². The normalized spacial score (nSPS) is 22.4. The minimum absolute atomic E-state index is 0.256. The predicted octanol–water partition coefficient (Wildman–Crippen LogP) is 3.49. The number of ether oxygens (including phenoxy) is 1. The summed E-state index contributed by atoms with van der Waals surface area (Å²) < 4.78 is 5.95. The number of hydrogen-bond acceptors (Lipinski definition) is 1. The zero-order valence-corrected chi connectivity index (χ0v) is 9.08. The van der Waals surface area contributed by atoms with Crippen molar-refractivity contribution in [3.8, 4) is 5.75 Å². The van der Waals surface area contributed by atoms with Gasteiger partial charge in [0.25, 0.3) is 0 Å². The van der Waals surface area contributed by atoms with Crippen LogP contribution in [0.2, 0.25) is 0 Å². The van der Waals surface area contributed by atoms with Crippen LogP contribution < -0.4 is 4.74 Å². The molecule has 1 aromatic carbocycles. The summed E-state index contributed by atoms with van der Waals surface area (Å²) in [5.74, 6) is 1.05. The van der Waals surface area contributed by atoms with E-state index in [1.54, 1.807) is 0 Å². The fraction of sp³-hybridized carbons (Fsp3) is 0.286. The molecule has 1 aliphatic heterocycles. The van der Waals surface area contributed by atoms with Crippen molar-refractivity contribution in [2.24, 2.45) is 0 Å². The van der Waals surface area contributed by atoms with Crippen LogP contribution in [0.1, 0.15) is 24.5 Å². The monoisotopic (exact) mass is 198 g/mol. The van der Waals surface area contributed by atoms with Gasteiger partial charge in [0.05, 0.1) is 0 Å². The zero-order chi connectivity index (χ0) is 10.4. The Kier molecular flexibility index (Phi) is 1.75. The summed E-state index contributed by atoms with van der Waals surface area (Å²) in [7, 11) is 0. The van der Waals surface area contributed by atoms with Crippen molar-refractivity contribution < 1.29 is 4.74 Å². The van der Waals surface area contributed by atoms with E-state index < -0.39 is 0 Å². The average molecular weight is 198 g/mol. The van der Waals surface area contributed by atoms with E-state index >= 15 is 0 Å². The molecular weight excluding hydrogens is 184 g/mol. The minimum atomic E-state index is 0.256. The first-order valence-corrected chi connectivity index (χ1v) is 5.39. The molecule has 0 radical (unpaired) electrons. The minimum Gasteiger partial charge on any atom is -0.485 e. The van der Waals surface area contributed by atoms with Crippen molar-refractivity contribution >= 4 is 5.57 Å². The van der Waals surface area contributed by atoms with E-state index in [2.05, 4.69) is 44.2 Å². The maximum Gasteiger partial charge on any atom is 0.128 e. The Hall–Kier alpha value is -1.50. The molecule has 76 valence electrons. The second-order valence-corrected chi connectivity index (χ2v) is 4.45. The molecule has 0 saturated carbocycles. The fourth-order valence-corrected chi connectivity index (χ4v) is 2.30. The summed E-state index contributed by atoms with van der Waals surface area (Å²) in [6.45, 7) is 4.26. The zero-order valence-electron chi connectivity index (χ0n) is 9.08. The topological polar surface area (TPSA) is 9.23 Å². The molecule has 0 bridgehead atoms. The van der Waals surface area contributed by atoms with Gasteiger partial charge < -0.3 is 4.74 Å². The third-order valence-electron chi connectivity index (χ3n) is 3.12. The molecule has 1 aliphatic carbocycles. The van der Waals surface area contributed by atoms with E-state index in [4.69, 9.17) is 4.74 Å². The maximum absolute atomic E-state index is 5.95. The van der Waals surface area contributed by atoms with E-state index in [1.165, 1.54) is 22.3 Å². The van der Waals surface area contributed by atoms with Gasteiger partial charge in [0.1, 0.15) is 11.9 Å². The van der Waals surface area contributed by atoms with Gasteiger partial charge in [-0.3, -0.25) is 0 Å². The fourth-order valence-electron chi connectivity index (χ4n) is 2.30. The van der Waals surface area contributed by atoms with Gasteiger partial charge in [-0.2, -0.15) is 0 Å². The van der Waals surface area contributed by atoms with Crippen molar-refractivity contribution in [1.29, 1.82) is 0 Å². The van der Waals surface area contributed by atoms with Crippen LogP contribution in [-0.2, 0) is 0 Å². The summed E-state index contributed by atoms with van der Waals surface area (Å²) in [4.78, 5) is 0. The summed E-state index contributed by atoms with van der Waals surface area (Å²) in [6, 6.07) is 6.45. The molecule has 0 N–H and O–H groups in total. The Labute approximate surface area is 90.1 Å². The molecule has 0 amide bonds. The van der Waals surface area contributed by atoms with Crippen LogP contribution in [0.5, 0.6) is 5.75 Å². The lowest BCUT2D eigenvalue weighted by atomic mass is 9.93. The largest absolute Gasteiger partial charge is 0.485 e. The van der Waals surface area contributed by atoms with E-state index in [0.717, 1.165) is 12.2 Å². The van der Waals surface area contributed by atoms with Crippen LogP contribution in [-0.4, -0.2) is 6.10 Å². The number of fused-ring (bicyclic) bond motifs is 3. The molecular formula is C14H14O. The first-order valence-electron chi connectivity index (χ1n) is 5.39. The molecule has 2 aliphatic rings.